The zero-order valence-corrected chi connectivity index (χ0v) is 15.6. The van der Waals surface area contributed by atoms with Crippen LogP contribution in [-0.2, 0) is 14.3 Å². The normalized spacial score (nSPS) is 41.4. The van der Waals surface area contributed by atoms with E-state index in [0.29, 0.717) is 31.5 Å². The van der Waals surface area contributed by atoms with Crippen molar-refractivity contribution >= 4 is 5.97 Å². The van der Waals surface area contributed by atoms with Gasteiger partial charge in [0.2, 0.25) is 0 Å². The number of hydrogen-bond donors (Lipinski definition) is 0. The summed E-state index contributed by atoms with van der Waals surface area (Å²) in [5.41, 5.74) is 0.794. The maximum atomic E-state index is 11.8. The first-order valence-electron chi connectivity index (χ1n) is 9.46. The van der Waals surface area contributed by atoms with Gasteiger partial charge in [-0.15, -0.1) is 0 Å². The number of esters is 1. The topological polar surface area (TPSA) is 44.8 Å². The molecule has 0 N–H and O–H groups in total. The molecule has 2 fully saturated rings. The van der Waals surface area contributed by atoms with Crippen molar-refractivity contribution < 1.29 is 19.0 Å². The standard InChI is InChI=1S/C21H28O4/c1-5-17(22)23-11-21-12-24-19-15-8-6-7-9-16(15)25-20(4,10-13(21)2)18(19)14(21)3/h6-9,13-14,18-19H,5,10-12H2,1-4H3/t13-,14-,18-,19+,20+,21+/m0/s1. The molecule has 2 heterocycles. The van der Waals surface area contributed by atoms with Crippen molar-refractivity contribution in [1.82, 2.24) is 0 Å². The molecule has 1 aromatic rings. The Balaban J connectivity index is 1.72. The molecule has 6 atom stereocenters. The third-order valence-corrected chi connectivity index (χ3v) is 7.06. The Morgan fingerprint density at radius 1 is 1.32 bits per heavy atom. The minimum absolute atomic E-state index is 0.0625. The van der Waals surface area contributed by atoms with Crippen LogP contribution in [0.3, 0.4) is 0 Å². The van der Waals surface area contributed by atoms with E-state index in [2.05, 4.69) is 39.0 Å². The molecule has 4 rings (SSSR count). The number of ether oxygens (including phenoxy) is 3. The molecule has 0 spiro atoms. The molecule has 136 valence electrons. The first-order chi connectivity index (χ1) is 11.9. The maximum Gasteiger partial charge on any atom is 0.305 e. The quantitative estimate of drug-likeness (QED) is 0.773. The number of carbonyl (C=O) groups excluding carboxylic acids is 1. The summed E-state index contributed by atoms with van der Waals surface area (Å²) < 4.78 is 18.6. The first-order valence-corrected chi connectivity index (χ1v) is 9.46. The second-order valence-electron chi connectivity index (χ2n) is 8.35. The van der Waals surface area contributed by atoms with Crippen LogP contribution in [0.5, 0.6) is 5.75 Å². The van der Waals surface area contributed by atoms with E-state index < -0.39 is 0 Å². The molecule has 1 saturated carbocycles. The van der Waals surface area contributed by atoms with Crippen LogP contribution in [0.15, 0.2) is 24.3 Å². The predicted molar refractivity (Wildman–Crippen MR) is 94.3 cm³/mol. The van der Waals surface area contributed by atoms with E-state index in [0.717, 1.165) is 17.7 Å². The first kappa shape index (κ1) is 16.9. The Labute approximate surface area is 149 Å². The Hall–Kier alpha value is -1.55. The number of fused-ring (bicyclic) bond motifs is 3. The molecule has 2 aliphatic heterocycles. The number of carbonyl (C=O) groups is 1. The summed E-state index contributed by atoms with van der Waals surface area (Å²) in [6, 6.07) is 8.24. The van der Waals surface area contributed by atoms with Gasteiger partial charge in [-0.3, -0.25) is 4.79 Å². The van der Waals surface area contributed by atoms with Crippen molar-refractivity contribution in [3.05, 3.63) is 29.8 Å². The van der Waals surface area contributed by atoms with E-state index in [1.807, 2.05) is 13.0 Å². The van der Waals surface area contributed by atoms with E-state index in [-0.39, 0.29) is 29.0 Å². The molecule has 0 unspecified atom stereocenters. The SMILES string of the molecule is CCC(=O)OC[C@@]12CO[C@@H]3c4ccccc4O[C@](C)(C[C@@H]1C)[C@H]3[C@@H]2C. The van der Waals surface area contributed by atoms with Gasteiger partial charge in [-0.25, -0.2) is 0 Å². The van der Waals surface area contributed by atoms with Gasteiger partial charge in [0.1, 0.15) is 11.4 Å². The van der Waals surface area contributed by atoms with Gasteiger partial charge in [-0.05, 0) is 31.2 Å². The molecule has 4 heteroatoms. The second kappa shape index (κ2) is 5.73. The summed E-state index contributed by atoms with van der Waals surface area (Å²) in [6.45, 7) is 9.70. The lowest BCUT2D eigenvalue weighted by Crippen LogP contribution is -2.66. The summed E-state index contributed by atoms with van der Waals surface area (Å²) in [6.07, 6.45) is 1.44. The number of rotatable bonds is 3. The summed E-state index contributed by atoms with van der Waals surface area (Å²) in [5.74, 6) is 1.82. The molecular formula is C21H28O4. The van der Waals surface area contributed by atoms with Gasteiger partial charge in [-0.1, -0.05) is 39.0 Å². The molecular weight excluding hydrogens is 316 g/mol. The molecule has 2 bridgehead atoms. The smallest absolute Gasteiger partial charge is 0.305 e. The molecule has 4 nitrogen and oxygen atoms in total. The Morgan fingerprint density at radius 3 is 2.84 bits per heavy atom. The van der Waals surface area contributed by atoms with Gasteiger partial charge in [0.05, 0.1) is 19.3 Å². The lowest BCUT2D eigenvalue weighted by molar-refractivity contribution is -0.262. The maximum absolute atomic E-state index is 11.8. The largest absolute Gasteiger partial charge is 0.487 e. The van der Waals surface area contributed by atoms with Crippen molar-refractivity contribution in [2.45, 2.75) is 52.2 Å². The van der Waals surface area contributed by atoms with Crippen LogP contribution in [0.25, 0.3) is 0 Å². The predicted octanol–water partition coefficient (Wildman–Crippen LogP) is 4.14. The van der Waals surface area contributed by atoms with E-state index in [1.165, 1.54) is 0 Å². The van der Waals surface area contributed by atoms with Crippen molar-refractivity contribution in [3.63, 3.8) is 0 Å². The summed E-state index contributed by atoms with van der Waals surface area (Å²) in [7, 11) is 0. The zero-order valence-electron chi connectivity index (χ0n) is 15.6. The van der Waals surface area contributed by atoms with Crippen LogP contribution in [-0.4, -0.2) is 24.8 Å². The van der Waals surface area contributed by atoms with Crippen LogP contribution >= 0.6 is 0 Å². The third-order valence-electron chi connectivity index (χ3n) is 7.06. The molecule has 25 heavy (non-hydrogen) atoms. The fraction of sp³-hybridized carbons (Fsp3) is 0.667. The van der Waals surface area contributed by atoms with Gasteiger partial charge in [0.25, 0.3) is 0 Å². The van der Waals surface area contributed by atoms with Crippen molar-refractivity contribution in [1.29, 1.82) is 0 Å². The highest BCUT2D eigenvalue weighted by Crippen LogP contribution is 2.63. The average molecular weight is 344 g/mol. The molecule has 1 aliphatic carbocycles. The Kier molecular flexibility index (Phi) is 3.87. The van der Waals surface area contributed by atoms with Crippen molar-refractivity contribution in [2.24, 2.45) is 23.2 Å². The van der Waals surface area contributed by atoms with Gasteiger partial charge >= 0.3 is 5.97 Å². The minimum atomic E-state index is -0.240. The summed E-state index contributed by atoms with van der Waals surface area (Å²) in [5, 5.41) is 0. The van der Waals surface area contributed by atoms with Crippen LogP contribution in [0.1, 0.15) is 52.2 Å². The van der Waals surface area contributed by atoms with Crippen LogP contribution in [0, 0.1) is 23.2 Å². The Morgan fingerprint density at radius 2 is 2.08 bits per heavy atom. The monoisotopic (exact) mass is 344 g/mol. The van der Waals surface area contributed by atoms with Gasteiger partial charge in [0, 0.05) is 23.3 Å². The molecule has 1 aromatic carbocycles. The minimum Gasteiger partial charge on any atom is -0.487 e. The molecule has 3 aliphatic rings. The summed E-state index contributed by atoms with van der Waals surface area (Å²) >= 11 is 0. The average Bonchev–Trinajstić information content (AvgIpc) is 2.59. The van der Waals surface area contributed by atoms with E-state index in [9.17, 15) is 4.79 Å². The third kappa shape index (κ3) is 2.33. The second-order valence-corrected chi connectivity index (χ2v) is 8.35. The molecule has 1 saturated heterocycles. The highest BCUT2D eigenvalue weighted by molar-refractivity contribution is 5.68. The van der Waals surface area contributed by atoms with Crippen molar-refractivity contribution in [3.8, 4) is 5.75 Å². The van der Waals surface area contributed by atoms with Gasteiger partial charge in [-0.2, -0.15) is 0 Å². The van der Waals surface area contributed by atoms with E-state index in [4.69, 9.17) is 14.2 Å². The lowest BCUT2D eigenvalue weighted by atomic mass is 9.50. The van der Waals surface area contributed by atoms with Gasteiger partial charge < -0.3 is 14.2 Å². The highest BCUT2D eigenvalue weighted by atomic mass is 16.5. The van der Waals surface area contributed by atoms with E-state index in [1.54, 1.807) is 0 Å². The Bertz CT molecular complexity index is 686. The number of hydrogen-bond acceptors (Lipinski definition) is 4. The summed E-state index contributed by atoms with van der Waals surface area (Å²) in [4.78, 5) is 11.8. The fourth-order valence-electron chi connectivity index (χ4n) is 5.57. The lowest BCUT2D eigenvalue weighted by Gasteiger charge is -2.63. The van der Waals surface area contributed by atoms with Crippen LogP contribution in [0.4, 0.5) is 0 Å². The molecule has 0 radical (unpaired) electrons. The number of para-hydroxylation sites is 1. The van der Waals surface area contributed by atoms with E-state index >= 15 is 0 Å². The van der Waals surface area contributed by atoms with Crippen LogP contribution < -0.4 is 4.74 Å². The molecule has 0 amide bonds. The number of benzene rings is 1. The van der Waals surface area contributed by atoms with Crippen LogP contribution in [0.2, 0.25) is 0 Å². The van der Waals surface area contributed by atoms with Crippen molar-refractivity contribution in [2.75, 3.05) is 13.2 Å². The highest BCUT2D eigenvalue weighted by Gasteiger charge is 2.64. The fourth-order valence-corrected chi connectivity index (χ4v) is 5.57. The zero-order chi connectivity index (χ0) is 17.8. The molecule has 0 aromatic heterocycles. The van der Waals surface area contributed by atoms with Gasteiger partial charge in [0.15, 0.2) is 0 Å².